The predicted molar refractivity (Wildman–Crippen MR) is 69.1 cm³/mol. The fraction of sp³-hybridized carbons (Fsp3) is 0.667. The lowest BCUT2D eigenvalue weighted by Crippen LogP contribution is -2.39. The molecule has 1 unspecified atom stereocenters. The summed E-state index contributed by atoms with van der Waals surface area (Å²) in [6, 6.07) is 0.524. The molecule has 5 heteroatoms. The van der Waals surface area contributed by atoms with E-state index in [2.05, 4.69) is 16.8 Å². The number of nitrogens with zero attached hydrogens (tertiary/aromatic N) is 2. The quantitative estimate of drug-likeness (QED) is 0.901. The van der Waals surface area contributed by atoms with Crippen molar-refractivity contribution in [3.63, 3.8) is 0 Å². The van der Waals surface area contributed by atoms with Crippen molar-refractivity contribution in [1.82, 2.24) is 4.98 Å². The van der Waals surface area contributed by atoms with E-state index in [1.165, 1.54) is 30.6 Å². The third kappa shape index (κ3) is 2.44. The first-order valence-corrected chi connectivity index (χ1v) is 6.92. The van der Waals surface area contributed by atoms with E-state index in [-0.39, 0.29) is 5.69 Å². The summed E-state index contributed by atoms with van der Waals surface area (Å²) in [5.74, 6) is -0.921. The molecule has 1 aliphatic rings. The van der Waals surface area contributed by atoms with Gasteiger partial charge in [0.2, 0.25) is 0 Å². The van der Waals surface area contributed by atoms with Crippen LogP contribution in [0, 0.1) is 6.92 Å². The molecule has 0 radical (unpaired) electrons. The maximum Gasteiger partial charge on any atom is 0.355 e. The number of aromatic nitrogens is 1. The van der Waals surface area contributed by atoms with Crippen LogP contribution in [0.1, 0.15) is 48.0 Å². The topological polar surface area (TPSA) is 53.4 Å². The molecule has 0 aliphatic carbocycles. The number of hydrogen-bond acceptors (Lipinski definition) is 4. The number of piperidine rings is 1. The standard InChI is InChI=1S/C12H18N2O2S/c1-3-9-6-4-5-7-14(9)12-13-10(11(15)16)8(2)17-12/h9H,3-7H2,1-2H3,(H,15,16). The number of hydrogen-bond donors (Lipinski definition) is 1. The van der Waals surface area contributed by atoms with Gasteiger partial charge in [0.25, 0.3) is 0 Å². The second-order valence-corrected chi connectivity index (χ2v) is 5.64. The molecule has 1 atom stereocenters. The van der Waals surface area contributed by atoms with Crippen molar-refractivity contribution in [3.05, 3.63) is 10.6 Å². The fourth-order valence-corrected chi connectivity index (χ4v) is 3.38. The highest BCUT2D eigenvalue weighted by Crippen LogP contribution is 2.31. The number of aryl methyl sites for hydroxylation is 1. The Morgan fingerprint density at radius 1 is 1.59 bits per heavy atom. The van der Waals surface area contributed by atoms with Gasteiger partial charge in [-0.25, -0.2) is 9.78 Å². The zero-order valence-electron chi connectivity index (χ0n) is 10.3. The Morgan fingerprint density at radius 3 is 2.94 bits per heavy atom. The molecule has 1 aromatic heterocycles. The molecule has 1 N–H and O–H groups in total. The second kappa shape index (κ2) is 5.04. The van der Waals surface area contributed by atoms with Crippen LogP contribution < -0.4 is 4.90 Å². The van der Waals surface area contributed by atoms with E-state index in [4.69, 9.17) is 5.11 Å². The SMILES string of the molecule is CCC1CCCCN1c1nc(C(=O)O)c(C)s1. The van der Waals surface area contributed by atoms with Gasteiger partial charge < -0.3 is 10.0 Å². The molecule has 2 rings (SSSR count). The third-order valence-corrected chi connectivity index (χ3v) is 4.34. The van der Waals surface area contributed by atoms with E-state index in [1.54, 1.807) is 0 Å². The Morgan fingerprint density at radius 2 is 2.35 bits per heavy atom. The largest absolute Gasteiger partial charge is 0.476 e. The summed E-state index contributed by atoms with van der Waals surface area (Å²) in [7, 11) is 0. The van der Waals surface area contributed by atoms with Crippen LogP contribution >= 0.6 is 11.3 Å². The summed E-state index contributed by atoms with van der Waals surface area (Å²) >= 11 is 1.50. The van der Waals surface area contributed by atoms with E-state index in [1.807, 2.05) is 6.92 Å². The van der Waals surface area contributed by atoms with Crippen LogP contribution in [0.3, 0.4) is 0 Å². The smallest absolute Gasteiger partial charge is 0.355 e. The maximum absolute atomic E-state index is 11.0. The summed E-state index contributed by atoms with van der Waals surface area (Å²) in [4.78, 5) is 18.4. The normalized spacial score (nSPS) is 20.6. The second-order valence-electron chi connectivity index (χ2n) is 4.46. The van der Waals surface area contributed by atoms with Crippen LogP contribution in [0.2, 0.25) is 0 Å². The van der Waals surface area contributed by atoms with Crippen molar-refractivity contribution in [2.45, 2.75) is 45.6 Å². The summed E-state index contributed by atoms with van der Waals surface area (Å²) in [6.07, 6.45) is 4.74. The molecule has 4 nitrogen and oxygen atoms in total. The highest BCUT2D eigenvalue weighted by atomic mass is 32.1. The number of thiazole rings is 1. The minimum Gasteiger partial charge on any atom is -0.476 e. The lowest BCUT2D eigenvalue weighted by molar-refractivity contribution is 0.0690. The molecular formula is C12H18N2O2S. The van der Waals surface area contributed by atoms with Crippen LogP contribution in [0.5, 0.6) is 0 Å². The van der Waals surface area contributed by atoms with Gasteiger partial charge in [-0.1, -0.05) is 6.92 Å². The van der Waals surface area contributed by atoms with Crippen molar-refractivity contribution in [2.75, 3.05) is 11.4 Å². The lowest BCUT2D eigenvalue weighted by atomic mass is 10.0. The molecular weight excluding hydrogens is 236 g/mol. The number of rotatable bonds is 3. The van der Waals surface area contributed by atoms with Crippen LogP contribution in [0.15, 0.2) is 0 Å². The van der Waals surface area contributed by atoms with Gasteiger partial charge in [0.15, 0.2) is 10.8 Å². The summed E-state index contributed by atoms with van der Waals surface area (Å²) in [5, 5.41) is 9.91. The van der Waals surface area contributed by atoms with Crippen LogP contribution in [0.25, 0.3) is 0 Å². The maximum atomic E-state index is 11.0. The summed E-state index contributed by atoms with van der Waals surface area (Å²) < 4.78 is 0. The predicted octanol–water partition coefficient (Wildman–Crippen LogP) is 2.92. The average Bonchev–Trinajstić information content (AvgIpc) is 2.71. The molecule has 1 fully saturated rings. The Balaban J connectivity index is 2.26. The molecule has 1 aliphatic heterocycles. The first-order valence-electron chi connectivity index (χ1n) is 6.10. The highest BCUT2D eigenvalue weighted by Gasteiger charge is 2.25. The number of aromatic carboxylic acids is 1. The number of carbonyl (C=O) groups is 1. The van der Waals surface area contributed by atoms with Gasteiger partial charge in [-0.15, -0.1) is 11.3 Å². The van der Waals surface area contributed by atoms with Gasteiger partial charge in [-0.2, -0.15) is 0 Å². The summed E-state index contributed by atoms with van der Waals surface area (Å²) in [6.45, 7) is 5.02. The molecule has 1 saturated heterocycles. The molecule has 0 bridgehead atoms. The molecule has 0 amide bonds. The zero-order chi connectivity index (χ0) is 12.4. The van der Waals surface area contributed by atoms with Crippen molar-refractivity contribution in [2.24, 2.45) is 0 Å². The molecule has 0 saturated carbocycles. The van der Waals surface area contributed by atoms with Gasteiger partial charge in [0.1, 0.15) is 0 Å². The van der Waals surface area contributed by atoms with Crippen molar-refractivity contribution >= 4 is 22.4 Å². The van der Waals surface area contributed by atoms with E-state index in [0.29, 0.717) is 6.04 Å². The Kier molecular flexibility index (Phi) is 3.66. The molecule has 2 heterocycles. The van der Waals surface area contributed by atoms with Gasteiger partial charge in [-0.05, 0) is 32.6 Å². The number of carboxylic acids is 1. The van der Waals surface area contributed by atoms with Crippen molar-refractivity contribution in [1.29, 1.82) is 0 Å². The molecule has 0 spiro atoms. The van der Waals surface area contributed by atoms with Gasteiger partial charge in [-0.3, -0.25) is 0 Å². The average molecular weight is 254 g/mol. The minimum atomic E-state index is -0.921. The first-order chi connectivity index (χ1) is 8.13. The van der Waals surface area contributed by atoms with Crippen LogP contribution in [-0.2, 0) is 0 Å². The van der Waals surface area contributed by atoms with E-state index >= 15 is 0 Å². The number of anilines is 1. The Hall–Kier alpha value is -1.10. The minimum absolute atomic E-state index is 0.213. The van der Waals surface area contributed by atoms with E-state index in [9.17, 15) is 4.79 Å². The zero-order valence-corrected chi connectivity index (χ0v) is 11.1. The van der Waals surface area contributed by atoms with Crippen LogP contribution in [0.4, 0.5) is 5.13 Å². The molecule has 94 valence electrons. The molecule has 1 aromatic rings. The van der Waals surface area contributed by atoms with E-state index < -0.39 is 5.97 Å². The third-order valence-electron chi connectivity index (χ3n) is 3.33. The summed E-state index contributed by atoms with van der Waals surface area (Å²) in [5.41, 5.74) is 0.213. The van der Waals surface area contributed by atoms with Crippen molar-refractivity contribution in [3.8, 4) is 0 Å². The van der Waals surface area contributed by atoms with E-state index in [0.717, 1.165) is 23.0 Å². The molecule has 0 aromatic carbocycles. The van der Waals surface area contributed by atoms with Gasteiger partial charge >= 0.3 is 5.97 Å². The van der Waals surface area contributed by atoms with Gasteiger partial charge in [0.05, 0.1) is 0 Å². The highest BCUT2D eigenvalue weighted by molar-refractivity contribution is 7.15. The van der Waals surface area contributed by atoms with Crippen LogP contribution in [-0.4, -0.2) is 28.6 Å². The number of carboxylic acid groups (broad SMARTS) is 1. The monoisotopic (exact) mass is 254 g/mol. The Labute approximate surface area is 105 Å². The van der Waals surface area contributed by atoms with Crippen molar-refractivity contribution < 1.29 is 9.90 Å². The first kappa shape index (κ1) is 12.4. The lowest BCUT2D eigenvalue weighted by Gasteiger charge is -2.34. The van der Waals surface area contributed by atoms with Gasteiger partial charge in [0, 0.05) is 17.5 Å². The molecule has 17 heavy (non-hydrogen) atoms. The fourth-order valence-electron chi connectivity index (χ4n) is 2.38. The Bertz CT molecular complexity index is 417.